The number of nitrogens with zero attached hydrogens (tertiary/aromatic N) is 1. The molecule has 1 aromatic carbocycles. The predicted octanol–water partition coefficient (Wildman–Crippen LogP) is 2.85. The van der Waals surface area contributed by atoms with Gasteiger partial charge in [0.1, 0.15) is 10.6 Å². The molecule has 0 bridgehead atoms. The molecular formula is C15H20F3N3OS. The van der Waals surface area contributed by atoms with Gasteiger partial charge in [-0.25, -0.2) is 18.2 Å². The largest absolute Gasteiger partial charge is 0.399 e. The van der Waals surface area contributed by atoms with Gasteiger partial charge in [0.25, 0.3) is 5.92 Å². The highest BCUT2D eigenvalue weighted by Crippen LogP contribution is 2.59. The number of nitrogens with two attached hydrogens (primary N) is 2. The van der Waals surface area contributed by atoms with Crippen molar-refractivity contribution in [3.63, 3.8) is 0 Å². The van der Waals surface area contributed by atoms with Gasteiger partial charge < -0.3 is 16.6 Å². The molecule has 1 aliphatic heterocycles. The highest BCUT2D eigenvalue weighted by atomic mass is 32.2. The van der Waals surface area contributed by atoms with E-state index >= 15 is 8.78 Å². The van der Waals surface area contributed by atoms with E-state index in [4.69, 9.17) is 11.5 Å². The Balaban J connectivity index is 2.79. The number of hydrogen-bond donors (Lipinski definition) is 3. The third-order valence-corrected chi connectivity index (χ3v) is 6.00. The molecule has 0 aromatic heterocycles. The number of hydrogen-bond acceptors (Lipinski definition) is 5. The van der Waals surface area contributed by atoms with Crippen LogP contribution in [0.25, 0.3) is 0 Å². The zero-order valence-electron chi connectivity index (χ0n) is 13.3. The van der Waals surface area contributed by atoms with E-state index in [9.17, 15) is 9.50 Å². The van der Waals surface area contributed by atoms with Crippen LogP contribution in [-0.4, -0.2) is 26.5 Å². The van der Waals surface area contributed by atoms with Gasteiger partial charge in [0.05, 0.1) is 5.60 Å². The summed E-state index contributed by atoms with van der Waals surface area (Å²) < 4.78 is 43.1. The third kappa shape index (κ3) is 2.39. The Labute approximate surface area is 137 Å². The Morgan fingerprint density at radius 1 is 1.22 bits per heavy atom. The van der Waals surface area contributed by atoms with Gasteiger partial charge in [-0.15, -0.1) is 0 Å². The lowest BCUT2D eigenvalue weighted by molar-refractivity contribution is -0.151. The van der Waals surface area contributed by atoms with Crippen LogP contribution in [0.15, 0.2) is 23.2 Å². The first-order valence-corrected chi connectivity index (χ1v) is 7.78. The summed E-state index contributed by atoms with van der Waals surface area (Å²) in [5.41, 5.74) is 7.04. The summed E-state index contributed by atoms with van der Waals surface area (Å²) in [5, 5.41) is 10.2. The van der Waals surface area contributed by atoms with Crippen LogP contribution in [0, 0.1) is 5.82 Å². The summed E-state index contributed by atoms with van der Waals surface area (Å²) in [4.78, 5) is 3.85. The van der Waals surface area contributed by atoms with Crippen LogP contribution in [0.3, 0.4) is 0 Å². The summed E-state index contributed by atoms with van der Waals surface area (Å²) in [6.07, 6.45) is 0. The second-order valence-corrected chi connectivity index (χ2v) is 7.97. The molecule has 4 nitrogen and oxygen atoms in total. The van der Waals surface area contributed by atoms with Crippen molar-refractivity contribution in [3.8, 4) is 0 Å². The fourth-order valence-electron chi connectivity index (χ4n) is 2.71. The lowest BCUT2D eigenvalue weighted by Crippen LogP contribution is -2.67. The maximum absolute atomic E-state index is 15.4. The van der Waals surface area contributed by atoms with Crippen LogP contribution in [-0.2, 0) is 5.54 Å². The van der Waals surface area contributed by atoms with Gasteiger partial charge in [-0.2, -0.15) is 0 Å². The minimum Gasteiger partial charge on any atom is -0.399 e. The number of benzene rings is 1. The van der Waals surface area contributed by atoms with Gasteiger partial charge in [0, 0.05) is 11.3 Å². The van der Waals surface area contributed by atoms with Gasteiger partial charge in [0.15, 0.2) is 10.7 Å². The number of amidine groups is 1. The predicted molar refractivity (Wildman–Crippen MR) is 87.0 cm³/mol. The van der Waals surface area contributed by atoms with Crippen LogP contribution in [0.5, 0.6) is 0 Å². The molecule has 0 aliphatic carbocycles. The van der Waals surface area contributed by atoms with Gasteiger partial charge in [0.2, 0.25) is 0 Å². The van der Waals surface area contributed by atoms with Crippen molar-refractivity contribution >= 4 is 22.6 Å². The van der Waals surface area contributed by atoms with E-state index in [-0.39, 0.29) is 16.4 Å². The second kappa shape index (κ2) is 5.04. The molecule has 0 unspecified atom stereocenters. The Morgan fingerprint density at radius 3 is 2.30 bits per heavy atom. The van der Waals surface area contributed by atoms with Crippen LogP contribution in [0.1, 0.15) is 33.3 Å². The molecule has 1 aliphatic rings. The molecule has 0 spiro atoms. The van der Waals surface area contributed by atoms with Crippen LogP contribution < -0.4 is 11.5 Å². The molecule has 23 heavy (non-hydrogen) atoms. The number of nitrogen functional groups attached to an aromatic ring is 1. The Hall–Kier alpha value is -1.41. The van der Waals surface area contributed by atoms with E-state index in [2.05, 4.69) is 4.99 Å². The van der Waals surface area contributed by atoms with Crippen molar-refractivity contribution < 1.29 is 18.3 Å². The van der Waals surface area contributed by atoms with Crippen molar-refractivity contribution in [2.24, 2.45) is 10.7 Å². The zero-order valence-corrected chi connectivity index (χ0v) is 14.1. The summed E-state index contributed by atoms with van der Waals surface area (Å²) in [6, 6.07) is 3.42. The average Bonchev–Trinajstić information content (AvgIpc) is 2.38. The number of halogens is 3. The van der Waals surface area contributed by atoms with Crippen molar-refractivity contribution in [2.75, 3.05) is 5.73 Å². The Bertz CT molecular complexity index is 674. The van der Waals surface area contributed by atoms with Gasteiger partial charge >= 0.3 is 0 Å². The minimum atomic E-state index is -3.61. The standard InChI is InChI=1S/C15H20F3N3OS/c1-12(2,22)14(4)15(17,18)13(3,21-11(20)23-14)9-7-8(19)5-6-10(9)16/h5-7,22H,19H2,1-4H3,(H2,20,21)/t13-,14+/m1/s1. The number of aliphatic imine (C=N–C) groups is 1. The van der Waals surface area contributed by atoms with E-state index in [1.54, 1.807) is 0 Å². The molecule has 2 rings (SSSR count). The monoisotopic (exact) mass is 347 g/mol. The van der Waals surface area contributed by atoms with E-state index in [1.165, 1.54) is 26.8 Å². The highest BCUT2D eigenvalue weighted by Gasteiger charge is 2.71. The first kappa shape index (κ1) is 17.9. The Kier molecular flexibility index (Phi) is 3.93. The van der Waals surface area contributed by atoms with Crippen molar-refractivity contribution in [1.82, 2.24) is 0 Å². The molecule has 1 heterocycles. The van der Waals surface area contributed by atoms with Crippen LogP contribution >= 0.6 is 11.8 Å². The normalized spacial score (nSPS) is 30.9. The fourth-order valence-corrected chi connectivity index (χ4v) is 3.93. The molecule has 0 saturated carbocycles. The number of thioether (sulfide) groups is 1. The van der Waals surface area contributed by atoms with E-state index in [0.717, 1.165) is 19.1 Å². The molecule has 8 heteroatoms. The quantitative estimate of drug-likeness (QED) is 0.718. The number of aliphatic hydroxyl groups is 1. The molecular weight excluding hydrogens is 327 g/mol. The summed E-state index contributed by atoms with van der Waals surface area (Å²) >= 11 is 0.584. The number of anilines is 1. The molecule has 2 atom stereocenters. The van der Waals surface area contributed by atoms with E-state index < -0.39 is 27.6 Å². The average molecular weight is 347 g/mol. The highest BCUT2D eigenvalue weighted by molar-refractivity contribution is 8.15. The SMILES string of the molecule is CC(C)(O)[C@]1(C)SC(N)=N[C@](C)(c2cc(N)ccc2F)C1(F)F. The maximum Gasteiger partial charge on any atom is 0.294 e. The Morgan fingerprint density at radius 2 is 1.78 bits per heavy atom. The van der Waals surface area contributed by atoms with E-state index in [0.29, 0.717) is 11.8 Å². The molecule has 0 saturated heterocycles. The fraction of sp³-hybridized carbons (Fsp3) is 0.533. The van der Waals surface area contributed by atoms with Crippen molar-refractivity contribution in [2.45, 2.75) is 49.5 Å². The summed E-state index contributed by atoms with van der Waals surface area (Å²) in [7, 11) is 0. The molecule has 0 amide bonds. The van der Waals surface area contributed by atoms with Crippen LogP contribution in [0.4, 0.5) is 18.9 Å². The minimum absolute atomic E-state index is 0.135. The lowest BCUT2D eigenvalue weighted by Gasteiger charge is -2.53. The molecule has 5 N–H and O–H groups in total. The second-order valence-electron chi connectivity index (χ2n) is 6.53. The first-order valence-electron chi connectivity index (χ1n) is 6.96. The maximum atomic E-state index is 15.4. The molecule has 0 radical (unpaired) electrons. The van der Waals surface area contributed by atoms with E-state index in [1.807, 2.05) is 0 Å². The van der Waals surface area contributed by atoms with Crippen molar-refractivity contribution in [3.05, 3.63) is 29.6 Å². The lowest BCUT2D eigenvalue weighted by atomic mass is 9.73. The van der Waals surface area contributed by atoms with Crippen molar-refractivity contribution in [1.29, 1.82) is 0 Å². The summed E-state index contributed by atoms with van der Waals surface area (Å²) in [5.74, 6) is -4.47. The van der Waals surface area contributed by atoms with Gasteiger partial charge in [-0.05, 0) is 45.9 Å². The van der Waals surface area contributed by atoms with Gasteiger partial charge in [-0.1, -0.05) is 11.8 Å². The van der Waals surface area contributed by atoms with Gasteiger partial charge in [-0.3, -0.25) is 0 Å². The number of rotatable bonds is 2. The first-order chi connectivity index (χ1) is 10.3. The number of alkyl halides is 2. The molecule has 1 aromatic rings. The molecule has 128 valence electrons. The summed E-state index contributed by atoms with van der Waals surface area (Å²) in [6.45, 7) is 4.83. The zero-order chi connectivity index (χ0) is 17.8. The topological polar surface area (TPSA) is 84.6 Å². The molecule has 0 fully saturated rings. The van der Waals surface area contributed by atoms with Crippen LogP contribution in [0.2, 0.25) is 0 Å². The third-order valence-electron chi connectivity index (χ3n) is 4.54. The smallest absolute Gasteiger partial charge is 0.294 e.